The summed E-state index contributed by atoms with van der Waals surface area (Å²) < 4.78 is 0. The highest BCUT2D eigenvalue weighted by Gasteiger charge is 2.14. The van der Waals surface area contributed by atoms with Crippen molar-refractivity contribution in [1.82, 2.24) is 0 Å². The third-order valence-corrected chi connectivity index (χ3v) is 2.95. The van der Waals surface area contributed by atoms with Crippen LogP contribution in [0.1, 0.15) is 11.1 Å². The van der Waals surface area contributed by atoms with E-state index in [9.17, 15) is 5.11 Å². The van der Waals surface area contributed by atoms with E-state index >= 15 is 0 Å². The van der Waals surface area contributed by atoms with Gasteiger partial charge in [-0.15, -0.1) is 0 Å². The van der Waals surface area contributed by atoms with Crippen LogP contribution in [0.4, 0.5) is 0 Å². The molecule has 84 valence electrons. The molecule has 0 spiro atoms. The zero-order valence-electron chi connectivity index (χ0n) is 9.24. The maximum atomic E-state index is 9.90. The minimum Gasteiger partial charge on any atom is -0.507 e. The van der Waals surface area contributed by atoms with Gasteiger partial charge < -0.3 is 5.11 Å². The molecule has 0 aliphatic rings. The molecule has 0 atom stereocenters. The van der Waals surface area contributed by atoms with Crippen LogP contribution in [0.3, 0.4) is 0 Å². The van der Waals surface area contributed by atoms with Crippen LogP contribution in [0, 0.1) is 18.3 Å². The molecule has 0 unspecified atom stereocenters. The highest BCUT2D eigenvalue weighted by molar-refractivity contribution is 6.33. The van der Waals surface area contributed by atoms with E-state index in [1.807, 2.05) is 19.1 Å². The predicted molar refractivity (Wildman–Crippen MR) is 68.0 cm³/mol. The van der Waals surface area contributed by atoms with Gasteiger partial charge in [0.25, 0.3) is 0 Å². The summed E-state index contributed by atoms with van der Waals surface area (Å²) in [6, 6.07) is 12.5. The van der Waals surface area contributed by atoms with E-state index in [0.29, 0.717) is 21.7 Å². The van der Waals surface area contributed by atoms with Crippen molar-refractivity contribution in [2.75, 3.05) is 0 Å². The molecule has 0 saturated carbocycles. The predicted octanol–water partition coefficient (Wildman–Crippen LogP) is 3.89. The van der Waals surface area contributed by atoms with Crippen LogP contribution in [0.15, 0.2) is 36.4 Å². The summed E-state index contributed by atoms with van der Waals surface area (Å²) >= 11 is 6.10. The first kappa shape index (κ1) is 11.5. The number of phenols is 1. The van der Waals surface area contributed by atoms with Crippen molar-refractivity contribution < 1.29 is 5.11 Å². The lowest BCUT2D eigenvalue weighted by atomic mass is 9.95. The van der Waals surface area contributed by atoms with Crippen LogP contribution in [0.2, 0.25) is 5.02 Å². The second-order valence-electron chi connectivity index (χ2n) is 3.74. The van der Waals surface area contributed by atoms with Gasteiger partial charge in [0.2, 0.25) is 0 Å². The van der Waals surface area contributed by atoms with E-state index in [1.54, 1.807) is 24.3 Å². The normalized spacial score (nSPS) is 9.94. The Morgan fingerprint density at radius 2 is 1.82 bits per heavy atom. The van der Waals surface area contributed by atoms with Crippen LogP contribution in [-0.2, 0) is 0 Å². The molecule has 1 N–H and O–H groups in total. The topological polar surface area (TPSA) is 44.0 Å². The summed E-state index contributed by atoms with van der Waals surface area (Å²) in [5.74, 6) is 0.0864. The van der Waals surface area contributed by atoms with E-state index in [-0.39, 0.29) is 5.75 Å². The Morgan fingerprint density at radius 3 is 2.47 bits per heavy atom. The Morgan fingerprint density at radius 1 is 1.12 bits per heavy atom. The number of nitrogens with zero attached hydrogens (tertiary/aromatic N) is 1. The standard InChI is InChI=1S/C14H10ClNO/c1-9-4-2-5-10(8-16)13(9)14-11(15)6-3-7-12(14)17/h2-7,17H,1H3. The Bertz CT molecular complexity index is 594. The summed E-state index contributed by atoms with van der Waals surface area (Å²) in [4.78, 5) is 0. The van der Waals surface area contributed by atoms with Crippen molar-refractivity contribution >= 4 is 11.6 Å². The molecule has 2 rings (SSSR count). The summed E-state index contributed by atoms with van der Waals surface area (Å²) in [5, 5.41) is 19.4. The zero-order chi connectivity index (χ0) is 12.4. The first-order valence-corrected chi connectivity index (χ1v) is 5.50. The van der Waals surface area contributed by atoms with Gasteiger partial charge >= 0.3 is 0 Å². The molecule has 2 aromatic rings. The van der Waals surface area contributed by atoms with Crippen LogP contribution >= 0.6 is 11.6 Å². The number of aryl methyl sites for hydroxylation is 1. The maximum Gasteiger partial charge on any atom is 0.124 e. The van der Waals surface area contributed by atoms with E-state index < -0.39 is 0 Å². The van der Waals surface area contributed by atoms with Crippen molar-refractivity contribution in [2.45, 2.75) is 6.92 Å². The largest absolute Gasteiger partial charge is 0.507 e. The minimum atomic E-state index is 0.0864. The lowest BCUT2D eigenvalue weighted by Gasteiger charge is -2.11. The highest BCUT2D eigenvalue weighted by atomic mass is 35.5. The van der Waals surface area contributed by atoms with E-state index in [2.05, 4.69) is 6.07 Å². The lowest BCUT2D eigenvalue weighted by molar-refractivity contribution is 0.477. The number of halogens is 1. The minimum absolute atomic E-state index is 0.0864. The molecule has 0 amide bonds. The number of hydrogen-bond donors (Lipinski definition) is 1. The lowest BCUT2D eigenvalue weighted by Crippen LogP contribution is -1.90. The molecule has 0 radical (unpaired) electrons. The number of rotatable bonds is 1. The first-order chi connectivity index (χ1) is 8.15. The number of aromatic hydroxyl groups is 1. The monoisotopic (exact) mass is 243 g/mol. The molecule has 0 fully saturated rings. The van der Waals surface area contributed by atoms with Crippen LogP contribution in [0.5, 0.6) is 5.75 Å². The fourth-order valence-electron chi connectivity index (χ4n) is 1.85. The van der Waals surface area contributed by atoms with Crippen molar-refractivity contribution in [2.24, 2.45) is 0 Å². The number of benzene rings is 2. The van der Waals surface area contributed by atoms with Crippen LogP contribution in [-0.4, -0.2) is 5.11 Å². The van der Waals surface area contributed by atoms with E-state index in [0.717, 1.165) is 5.56 Å². The molecule has 3 heteroatoms. The Hall–Kier alpha value is -1.98. The van der Waals surface area contributed by atoms with Crippen molar-refractivity contribution in [3.63, 3.8) is 0 Å². The fraction of sp³-hybridized carbons (Fsp3) is 0.0714. The Labute approximate surface area is 105 Å². The number of phenolic OH excluding ortho intramolecular Hbond substituents is 1. The van der Waals surface area contributed by atoms with Gasteiger partial charge in [0, 0.05) is 11.1 Å². The molecule has 2 nitrogen and oxygen atoms in total. The number of hydrogen-bond acceptors (Lipinski definition) is 2. The van der Waals surface area contributed by atoms with Crippen molar-refractivity contribution in [3.8, 4) is 22.9 Å². The molecule has 0 aliphatic carbocycles. The second kappa shape index (κ2) is 4.48. The molecule has 0 saturated heterocycles. The molecular formula is C14H10ClNO. The zero-order valence-corrected chi connectivity index (χ0v) is 9.99. The molecule has 2 aromatic carbocycles. The molecule has 0 aromatic heterocycles. The highest BCUT2D eigenvalue weighted by Crippen LogP contribution is 2.39. The summed E-state index contributed by atoms with van der Waals surface area (Å²) in [5.41, 5.74) is 2.63. The molecule has 17 heavy (non-hydrogen) atoms. The van der Waals surface area contributed by atoms with Gasteiger partial charge in [0.15, 0.2) is 0 Å². The van der Waals surface area contributed by atoms with Crippen molar-refractivity contribution in [1.29, 1.82) is 5.26 Å². The van der Waals surface area contributed by atoms with Gasteiger partial charge in [-0.05, 0) is 30.7 Å². The fourth-order valence-corrected chi connectivity index (χ4v) is 2.12. The van der Waals surface area contributed by atoms with Crippen LogP contribution in [0.25, 0.3) is 11.1 Å². The van der Waals surface area contributed by atoms with E-state index in [4.69, 9.17) is 16.9 Å². The summed E-state index contributed by atoms with van der Waals surface area (Å²) in [6.45, 7) is 1.89. The second-order valence-corrected chi connectivity index (χ2v) is 4.15. The van der Waals surface area contributed by atoms with Gasteiger partial charge in [0.05, 0.1) is 16.7 Å². The Kier molecular flexibility index (Phi) is 3.03. The van der Waals surface area contributed by atoms with Gasteiger partial charge in [-0.1, -0.05) is 29.8 Å². The quantitative estimate of drug-likeness (QED) is 0.826. The maximum absolute atomic E-state index is 9.90. The average Bonchev–Trinajstić information content (AvgIpc) is 2.30. The van der Waals surface area contributed by atoms with Gasteiger partial charge in [-0.2, -0.15) is 5.26 Å². The molecular weight excluding hydrogens is 234 g/mol. The molecule has 0 heterocycles. The van der Waals surface area contributed by atoms with Crippen molar-refractivity contribution in [3.05, 3.63) is 52.5 Å². The SMILES string of the molecule is Cc1cccc(C#N)c1-c1c(O)cccc1Cl. The first-order valence-electron chi connectivity index (χ1n) is 5.12. The molecule has 0 bridgehead atoms. The molecule has 0 aliphatic heterocycles. The third kappa shape index (κ3) is 1.98. The summed E-state index contributed by atoms with van der Waals surface area (Å²) in [6.07, 6.45) is 0. The average molecular weight is 244 g/mol. The van der Waals surface area contributed by atoms with Gasteiger partial charge in [-0.25, -0.2) is 0 Å². The van der Waals surface area contributed by atoms with Gasteiger partial charge in [-0.3, -0.25) is 0 Å². The third-order valence-electron chi connectivity index (χ3n) is 2.63. The van der Waals surface area contributed by atoms with Gasteiger partial charge in [0.1, 0.15) is 5.75 Å². The van der Waals surface area contributed by atoms with Crippen LogP contribution < -0.4 is 0 Å². The summed E-state index contributed by atoms with van der Waals surface area (Å²) in [7, 11) is 0. The number of nitriles is 1. The van der Waals surface area contributed by atoms with E-state index in [1.165, 1.54) is 0 Å². The Balaban J connectivity index is 2.82. The smallest absolute Gasteiger partial charge is 0.124 e.